The molecule has 0 bridgehead atoms. The second-order valence-electron chi connectivity index (χ2n) is 10.1. The van der Waals surface area contributed by atoms with Gasteiger partial charge in [0.05, 0.1) is 0 Å². The lowest BCUT2D eigenvalue weighted by Gasteiger charge is -2.11. The van der Waals surface area contributed by atoms with Crippen molar-refractivity contribution >= 4 is 22.6 Å². The molecule has 0 spiro atoms. The molecule has 0 aromatic rings. The fourth-order valence-electron chi connectivity index (χ4n) is 4.66. The van der Waals surface area contributed by atoms with Crippen LogP contribution in [0.4, 0.5) is 0 Å². The molecule has 0 rings (SSSR count). The van der Waals surface area contributed by atoms with Crippen LogP contribution in [0.15, 0.2) is 0 Å². The lowest BCUT2D eigenvalue weighted by atomic mass is 9.95. The van der Waals surface area contributed by atoms with Gasteiger partial charge in [-0.3, -0.25) is 0 Å². The van der Waals surface area contributed by atoms with Crippen LogP contribution in [0.1, 0.15) is 174 Å². The topological polar surface area (TPSA) is 0 Å². The van der Waals surface area contributed by atoms with Gasteiger partial charge in [-0.15, -0.1) is 0 Å². The Kier molecular flexibility index (Phi) is 28.4. The van der Waals surface area contributed by atoms with E-state index in [0.717, 1.165) is 5.92 Å². The van der Waals surface area contributed by atoms with E-state index in [9.17, 15) is 0 Å². The van der Waals surface area contributed by atoms with Crippen LogP contribution in [-0.2, 0) is 0 Å². The Morgan fingerprint density at radius 1 is 0.400 bits per heavy atom. The van der Waals surface area contributed by atoms with E-state index >= 15 is 0 Å². The SMILES string of the molecule is CCCCCCCCCCCCCCCCCCC(C)CCCCCCCCCI. The first-order valence-corrected chi connectivity index (χ1v) is 15.9. The number of halogens is 1. The molecule has 0 radical (unpaired) electrons. The van der Waals surface area contributed by atoms with E-state index in [1.54, 1.807) is 0 Å². The zero-order valence-corrected chi connectivity index (χ0v) is 23.5. The van der Waals surface area contributed by atoms with Crippen molar-refractivity contribution in [2.75, 3.05) is 4.43 Å². The molecule has 0 saturated carbocycles. The third kappa shape index (κ3) is 26.8. The van der Waals surface area contributed by atoms with E-state index in [-0.39, 0.29) is 0 Å². The lowest BCUT2D eigenvalue weighted by Crippen LogP contribution is -1.95. The molecule has 1 unspecified atom stereocenters. The summed E-state index contributed by atoms with van der Waals surface area (Å²) in [4.78, 5) is 0. The molecule has 0 heterocycles. The first-order valence-electron chi connectivity index (χ1n) is 14.4. The van der Waals surface area contributed by atoms with Crippen molar-refractivity contribution in [3.63, 3.8) is 0 Å². The molecule has 0 nitrogen and oxygen atoms in total. The summed E-state index contributed by atoms with van der Waals surface area (Å²) in [5.74, 6) is 0.968. The van der Waals surface area contributed by atoms with E-state index in [2.05, 4.69) is 36.4 Å². The van der Waals surface area contributed by atoms with Crippen LogP contribution in [0.5, 0.6) is 0 Å². The largest absolute Gasteiger partial charge is 0.0864 e. The van der Waals surface area contributed by atoms with E-state index in [1.807, 2.05) is 0 Å². The Balaban J connectivity index is 3.11. The van der Waals surface area contributed by atoms with Crippen molar-refractivity contribution in [3.05, 3.63) is 0 Å². The minimum Gasteiger partial charge on any atom is -0.0864 e. The smallest absolute Gasteiger partial charge is 0.000473 e. The third-order valence-corrected chi connectivity index (χ3v) is 7.64. The molecule has 0 aromatic carbocycles. The molecular formula is C29H59I. The van der Waals surface area contributed by atoms with Crippen molar-refractivity contribution in [1.29, 1.82) is 0 Å². The number of rotatable bonds is 26. The van der Waals surface area contributed by atoms with E-state index < -0.39 is 0 Å². The molecule has 0 aliphatic heterocycles. The Hall–Kier alpha value is 0.730. The van der Waals surface area contributed by atoms with Crippen molar-refractivity contribution in [3.8, 4) is 0 Å². The fourth-order valence-corrected chi connectivity index (χ4v) is 5.20. The highest BCUT2D eigenvalue weighted by molar-refractivity contribution is 14.1. The second-order valence-corrected chi connectivity index (χ2v) is 11.2. The maximum absolute atomic E-state index is 2.50. The van der Waals surface area contributed by atoms with Crippen LogP contribution in [-0.4, -0.2) is 4.43 Å². The van der Waals surface area contributed by atoms with Crippen molar-refractivity contribution < 1.29 is 0 Å². The highest BCUT2D eigenvalue weighted by Crippen LogP contribution is 2.19. The molecule has 0 amide bonds. The normalized spacial score (nSPS) is 12.5. The van der Waals surface area contributed by atoms with Gasteiger partial charge in [0, 0.05) is 0 Å². The molecule has 182 valence electrons. The summed E-state index contributed by atoms with van der Waals surface area (Å²) in [7, 11) is 0. The minimum atomic E-state index is 0.968. The third-order valence-electron chi connectivity index (χ3n) is 6.88. The zero-order valence-electron chi connectivity index (χ0n) is 21.3. The quantitative estimate of drug-likeness (QED) is 0.0588. The summed E-state index contributed by atoms with van der Waals surface area (Å²) in [6, 6.07) is 0. The molecule has 0 N–H and O–H groups in total. The molecule has 0 fully saturated rings. The average Bonchev–Trinajstić information content (AvgIpc) is 2.75. The zero-order chi connectivity index (χ0) is 22.0. The van der Waals surface area contributed by atoms with Gasteiger partial charge >= 0.3 is 0 Å². The Morgan fingerprint density at radius 2 is 0.667 bits per heavy atom. The fraction of sp³-hybridized carbons (Fsp3) is 1.00. The monoisotopic (exact) mass is 534 g/mol. The van der Waals surface area contributed by atoms with Gasteiger partial charge in [-0.2, -0.15) is 0 Å². The maximum atomic E-state index is 2.50. The van der Waals surface area contributed by atoms with Gasteiger partial charge in [-0.05, 0) is 16.8 Å². The van der Waals surface area contributed by atoms with Crippen LogP contribution in [0.25, 0.3) is 0 Å². The average molecular weight is 535 g/mol. The van der Waals surface area contributed by atoms with Gasteiger partial charge in [0.1, 0.15) is 0 Å². The molecule has 0 aliphatic rings. The van der Waals surface area contributed by atoms with Gasteiger partial charge in [-0.25, -0.2) is 0 Å². The molecule has 0 aromatic heterocycles. The molecule has 1 heteroatoms. The Bertz CT molecular complexity index is 288. The van der Waals surface area contributed by atoms with Crippen LogP contribution in [0.3, 0.4) is 0 Å². The van der Waals surface area contributed by atoms with Crippen molar-refractivity contribution in [2.45, 2.75) is 174 Å². The minimum absolute atomic E-state index is 0.968. The predicted molar refractivity (Wildman–Crippen MR) is 149 cm³/mol. The number of unbranched alkanes of at least 4 members (excludes halogenated alkanes) is 21. The number of alkyl halides is 1. The summed E-state index contributed by atoms with van der Waals surface area (Å²) in [6.45, 7) is 4.80. The Morgan fingerprint density at radius 3 is 0.967 bits per heavy atom. The predicted octanol–water partition coefficient (Wildman–Crippen LogP) is 11.8. The summed E-state index contributed by atoms with van der Waals surface area (Å²) >= 11 is 2.50. The first kappa shape index (κ1) is 30.7. The van der Waals surface area contributed by atoms with Crippen LogP contribution < -0.4 is 0 Å². The van der Waals surface area contributed by atoms with Crippen LogP contribution in [0, 0.1) is 5.92 Å². The van der Waals surface area contributed by atoms with Crippen LogP contribution >= 0.6 is 22.6 Å². The van der Waals surface area contributed by atoms with Crippen LogP contribution in [0.2, 0.25) is 0 Å². The van der Waals surface area contributed by atoms with Gasteiger partial charge in [0.2, 0.25) is 0 Å². The molecule has 0 aliphatic carbocycles. The Labute approximate surface area is 206 Å². The number of hydrogen-bond acceptors (Lipinski definition) is 0. The highest BCUT2D eigenvalue weighted by Gasteiger charge is 2.02. The summed E-state index contributed by atoms with van der Waals surface area (Å²) < 4.78 is 1.34. The van der Waals surface area contributed by atoms with E-state index in [0.29, 0.717) is 0 Å². The van der Waals surface area contributed by atoms with Gasteiger partial charge < -0.3 is 0 Å². The van der Waals surface area contributed by atoms with Gasteiger partial charge in [0.15, 0.2) is 0 Å². The molecule has 1 atom stereocenters. The maximum Gasteiger partial charge on any atom is -0.000473 e. The first-order chi connectivity index (χ1) is 14.8. The van der Waals surface area contributed by atoms with Crippen molar-refractivity contribution in [1.82, 2.24) is 0 Å². The standard InChI is InChI=1S/C29H59I/c1-3-4-5-6-7-8-9-10-11-12-13-14-15-17-20-23-26-29(2)27-24-21-18-16-19-22-25-28-30/h29H,3-28H2,1-2H3. The second kappa shape index (κ2) is 27.8. The van der Waals surface area contributed by atoms with E-state index in [4.69, 9.17) is 0 Å². The molecule has 30 heavy (non-hydrogen) atoms. The summed E-state index contributed by atoms with van der Waals surface area (Å²) in [5.41, 5.74) is 0. The highest BCUT2D eigenvalue weighted by atomic mass is 127. The molecular weight excluding hydrogens is 475 g/mol. The van der Waals surface area contributed by atoms with Crippen molar-refractivity contribution in [2.24, 2.45) is 5.92 Å². The van der Waals surface area contributed by atoms with Gasteiger partial charge in [-0.1, -0.05) is 191 Å². The summed E-state index contributed by atoms with van der Waals surface area (Å²) in [5, 5.41) is 0. The number of hydrogen-bond donors (Lipinski definition) is 0. The molecule has 0 saturated heterocycles. The van der Waals surface area contributed by atoms with Gasteiger partial charge in [0.25, 0.3) is 0 Å². The lowest BCUT2D eigenvalue weighted by molar-refractivity contribution is 0.430. The van der Waals surface area contributed by atoms with E-state index in [1.165, 1.54) is 165 Å². The summed E-state index contributed by atoms with van der Waals surface area (Å²) in [6.07, 6.45) is 36.8.